The molecular formula is C14H26FN5O2S. The van der Waals surface area contributed by atoms with Gasteiger partial charge in [0.15, 0.2) is 0 Å². The summed E-state index contributed by atoms with van der Waals surface area (Å²) >= 11 is 0. The first-order valence-electron chi connectivity index (χ1n) is 7.72. The maximum absolute atomic E-state index is 13.8. The lowest BCUT2D eigenvalue weighted by Crippen LogP contribution is -2.41. The average molecular weight is 347 g/mol. The van der Waals surface area contributed by atoms with Gasteiger partial charge in [-0.15, -0.1) is 0 Å². The van der Waals surface area contributed by atoms with Crippen molar-refractivity contribution in [2.75, 3.05) is 39.5 Å². The van der Waals surface area contributed by atoms with Gasteiger partial charge in [0.1, 0.15) is 6.17 Å². The van der Waals surface area contributed by atoms with Gasteiger partial charge in [0.2, 0.25) is 10.0 Å². The van der Waals surface area contributed by atoms with Crippen LogP contribution in [0.1, 0.15) is 12.0 Å². The van der Waals surface area contributed by atoms with E-state index in [1.54, 1.807) is 4.68 Å². The number of likely N-dealkylation sites (N-methyl/N-ethyl adjacent to an activating group) is 1. The number of rotatable bonds is 8. The summed E-state index contributed by atoms with van der Waals surface area (Å²) in [5.41, 5.74) is 1.08. The van der Waals surface area contributed by atoms with Gasteiger partial charge in [-0.25, -0.2) is 17.5 Å². The first kappa shape index (κ1) is 18.3. The molecule has 1 aliphatic rings. The third-order valence-corrected chi connectivity index (χ3v) is 4.73. The van der Waals surface area contributed by atoms with E-state index in [1.807, 2.05) is 31.4 Å². The van der Waals surface area contributed by atoms with E-state index in [0.717, 1.165) is 11.8 Å². The standard InChI is InChI=1S/C14H26FN5O2S/c1-18(5-4-17-23(3,21)22)11-14-6-13(15)10-20(14)9-12-7-16-19(2)8-12/h7-8,13-14,17H,4-6,9-11H2,1-3H3/t13-,14-/m0/s1. The Morgan fingerprint density at radius 2 is 2.26 bits per heavy atom. The third-order valence-electron chi connectivity index (χ3n) is 4.00. The monoisotopic (exact) mass is 347 g/mol. The van der Waals surface area contributed by atoms with Gasteiger partial charge in [0.05, 0.1) is 12.5 Å². The smallest absolute Gasteiger partial charge is 0.208 e. The minimum Gasteiger partial charge on any atom is -0.304 e. The molecule has 0 aromatic carbocycles. The molecule has 0 spiro atoms. The molecule has 1 aliphatic heterocycles. The van der Waals surface area contributed by atoms with E-state index in [1.165, 1.54) is 0 Å². The van der Waals surface area contributed by atoms with Crippen molar-refractivity contribution in [3.8, 4) is 0 Å². The molecule has 0 aliphatic carbocycles. The topological polar surface area (TPSA) is 70.5 Å². The van der Waals surface area contributed by atoms with Crippen molar-refractivity contribution >= 4 is 10.0 Å². The van der Waals surface area contributed by atoms with E-state index in [-0.39, 0.29) is 6.04 Å². The normalized spacial score (nSPS) is 23.0. The van der Waals surface area contributed by atoms with Crippen LogP contribution in [0.2, 0.25) is 0 Å². The fourth-order valence-electron chi connectivity index (χ4n) is 2.97. The predicted octanol–water partition coefficient (Wildman–Crippen LogP) is -0.186. The molecule has 7 nitrogen and oxygen atoms in total. The molecule has 0 bridgehead atoms. The quantitative estimate of drug-likeness (QED) is 0.706. The lowest BCUT2D eigenvalue weighted by atomic mass is 10.2. The second-order valence-electron chi connectivity index (χ2n) is 6.37. The Morgan fingerprint density at radius 1 is 1.52 bits per heavy atom. The molecule has 0 amide bonds. The molecule has 132 valence electrons. The van der Waals surface area contributed by atoms with Gasteiger partial charge in [0.25, 0.3) is 0 Å². The Bertz CT molecular complexity index is 606. The molecule has 2 rings (SSSR count). The molecule has 0 radical (unpaired) electrons. The third kappa shape index (κ3) is 6.17. The highest BCUT2D eigenvalue weighted by Gasteiger charge is 2.32. The number of aromatic nitrogens is 2. The second kappa shape index (κ2) is 7.69. The molecule has 23 heavy (non-hydrogen) atoms. The minimum absolute atomic E-state index is 0.133. The highest BCUT2D eigenvalue weighted by atomic mass is 32.2. The van der Waals surface area contributed by atoms with Crippen molar-refractivity contribution in [3.63, 3.8) is 0 Å². The van der Waals surface area contributed by atoms with Gasteiger partial charge in [-0.3, -0.25) is 9.58 Å². The fraction of sp³-hybridized carbons (Fsp3) is 0.786. The maximum atomic E-state index is 13.8. The number of hydrogen-bond acceptors (Lipinski definition) is 5. The summed E-state index contributed by atoms with van der Waals surface area (Å²) in [4.78, 5) is 4.18. The zero-order chi connectivity index (χ0) is 17.0. The number of hydrogen-bond donors (Lipinski definition) is 1. The minimum atomic E-state index is -3.16. The molecule has 1 saturated heterocycles. The molecule has 0 unspecified atom stereocenters. The van der Waals surface area contributed by atoms with Crippen LogP contribution in [0, 0.1) is 0 Å². The van der Waals surface area contributed by atoms with Crippen molar-refractivity contribution < 1.29 is 12.8 Å². The van der Waals surface area contributed by atoms with Crippen LogP contribution in [0.25, 0.3) is 0 Å². The second-order valence-corrected chi connectivity index (χ2v) is 8.20. The highest BCUT2D eigenvalue weighted by Crippen LogP contribution is 2.23. The van der Waals surface area contributed by atoms with Crippen LogP contribution in [0.3, 0.4) is 0 Å². The molecule has 1 aromatic rings. The summed E-state index contributed by atoms with van der Waals surface area (Å²) < 4.78 is 40.2. The van der Waals surface area contributed by atoms with Gasteiger partial charge in [-0.05, 0) is 13.5 Å². The van der Waals surface area contributed by atoms with E-state index in [2.05, 4.69) is 14.7 Å². The summed E-state index contributed by atoms with van der Waals surface area (Å²) in [6, 6.07) is 0.133. The lowest BCUT2D eigenvalue weighted by Gasteiger charge is -2.28. The van der Waals surface area contributed by atoms with Crippen LogP contribution < -0.4 is 4.72 Å². The number of aryl methyl sites for hydroxylation is 1. The Morgan fingerprint density at radius 3 is 2.87 bits per heavy atom. The van der Waals surface area contributed by atoms with Crippen LogP contribution in [0.5, 0.6) is 0 Å². The van der Waals surface area contributed by atoms with Crippen LogP contribution in [0.4, 0.5) is 4.39 Å². The highest BCUT2D eigenvalue weighted by molar-refractivity contribution is 7.88. The average Bonchev–Trinajstić information content (AvgIpc) is 2.95. The Labute approximate surface area is 137 Å². The molecule has 2 atom stereocenters. The summed E-state index contributed by atoms with van der Waals surface area (Å²) in [5, 5.41) is 4.15. The summed E-state index contributed by atoms with van der Waals surface area (Å²) in [7, 11) is 0.634. The zero-order valence-electron chi connectivity index (χ0n) is 13.9. The van der Waals surface area contributed by atoms with Crippen LogP contribution >= 0.6 is 0 Å². The lowest BCUT2D eigenvalue weighted by molar-refractivity contribution is 0.185. The van der Waals surface area contributed by atoms with Crippen molar-refractivity contribution in [1.82, 2.24) is 24.3 Å². The Kier molecular flexibility index (Phi) is 6.12. The fourth-order valence-corrected chi connectivity index (χ4v) is 3.43. The van der Waals surface area contributed by atoms with Crippen molar-refractivity contribution in [2.24, 2.45) is 7.05 Å². The SMILES string of the molecule is CN(CCNS(C)(=O)=O)C[C@@H]1C[C@H](F)CN1Cc1cnn(C)c1. The molecule has 1 N–H and O–H groups in total. The van der Waals surface area contributed by atoms with E-state index >= 15 is 0 Å². The first-order chi connectivity index (χ1) is 10.7. The molecule has 1 aromatic heterocycles. The summed E-state index contributed by atoms with van der Waals surface area (Å²) in [6.45, 7) is 2.81. The summed E-state index contributed by atoms with van der Waals surface area (Å²) in [5.74, 6) is 0. The molecule has 1 fully saturated rings. The molecule has 0 saturated carbocycles. The number of sulfonamides is 1. The van der Waals surface area contributed by atoms with Crippen LogP contribution in [-0.2, 0) is 23.6 Å². The van der Waals surface area contributed by atoms with Gasteiger partial charge < -0.3 is 4.90 Å². The van der Waals surface area contributed by atoms with Crippen molar-refractivity contribution in [1.29, 1.82) is 0 Å². The van der Waals surface area contributed by atoms with Gasteiger partial charge in [-0.2, -0.15) is 5.10 Å². The zero-order valence-corrected chi connectivity index (χ0v) is 14.8. The number of nitrogens with zero attached hydrogens (tertiary/aromatic N) is 4. The van der Waals surface area contributed by atoms with Crippen molar-refractivity contribution in [3.05, 3.63) is 18.0 Å². The number of halogens is 1. The van der Waals surface area contributed by atoms with Gasteiger partial charge in [-0.1, -0.05) is 0 Å². The first-order valence-corrected chi connectivity index (χ1v) is 9.61. The van der Waals surface area contributed by atoms with Gasteiger partial charge in [0, 0.05) is 57.6 Å². The molecule has 9 heteroatoms. The molecular weight excluding hydrogens is 321 g/mol. The van der Waals surface area contributed by atoms with Crippen molar-refractivity contribution in [2.45, 2.75) is 25.2 Å². The van der Waals surface area contributed by atoms with Gasteiger partial charge >= 0.3 is 0 Å². The Balaban J connectivity index is 1.84. The molecule has 2 heterocycles. The van der Waals surface area contributed by atoms with E-state index in [9.17, 15) is 12.8 Å². The van der Waals surface area contributed by atoms with Crippen LogP contribution in [0.15, 0.2) is 12.4 Å². The largest absolute Gasteiger partial charge is 0.304 e. The number of likely N-dealkylation sites (tertiary alicyclic amines) is 1. The van der Waals surface area contributed by atoms with Crippen LogP contribution in [-0.4, -0.2) is 79.7 Å². The summed E-state index contributed by atoms with van der Waals surface area (Å²) in [6.07, 6.45) is 4.61. The maximum Gasteiger partial charge on any atom is 0.208 e. The Hall–Kier alpha value is -1.03. The van der Waals surface area contributed by atoms with E-state index < -0.39 is 16.2 Å². The van der Waals surface area contributed by atoms with E-state index in [4.69, 9.17) is 0 Å². The predicted molar refractivity (Wildman–Crippen MR) is 87.3 cm³/mol. The van der Waals surface area contributed by atoms with E-state index in [0.29, 0.717) is 39.1 Å². The number of nitrogens with one attached hydrogen (secondary N) is 1. The number of alkyl halides is 1.